The zero-order valence-electron chi connectivity index (χ0n) is 11.2. The number of urea groups is 1. The topological polar surface area (TPSA) is 78.9 Å². The number of carboxylic acids is 1. The third kappa shape index (κ3) is 3.87. The molecule has 1 heterocycles. The standard InChI is InChI=1S/C12H22N2O4/c1-12(2,18-3)8-13-11(17)14-7-5-4-6-9(14)10(15)16/h9H,4-8H2,1-3H3,(H,13,17)(H,15,16). The van der Waals surface area contributed by atoms with E-state index in [1.807, 2.05) is 13.8 Å². The molecule has 1 aliphatic heterocycles. The van der Waals surface area contributed by atoms with E-state index in [9.17, 15) is 9.59 Å². The van der Waals surface area contributed by atoms with Crippen molar-refractivity contribution in [3.63, 3.8) is 0 Å². The first-order chi connectivity index (χ1) is 8.37. The highest BCUT2D eigenvalue weighted by Gasteiger charge is 2.32. The number of likely N-dealkylation sites (tertiary alicyclic amines) is 1. The van der Waals surface area contributed by atoms with E-state index in [1.165, 1.54) is 4.90 Å². The number of nitrogens with zero attached hydrogens (tertiary/aromatic N) is 1. The number of nitrogens with one attached hydrogen (secondary N) is 1. The SMILES string of the molecule is COC(C)(C)CNC(=O)N1CCCCC1C(=O)O. The van der Waals surface area contributed by atoms with E-state index in [0.717, 1.165) is 12.8 Å². The molecule has 1 unspecified atom stereocenters. The molecule has 1 rings (SSSR count). The van der Waals surface area contributed by atoms with Crippen molar-refractivity contribution < 1.29 is 19.4 Å². The maximum absolute atomic E-state index is 12.0. The predicted molar refractivity (Wildman–Crippen MR) is 66.5 cm³/mol. The zero-order chi connectivity index (χ0) is 13.8. The quantitative estimate of drug-likeness (QED) is 0.790. The molecule has 0 aromatic rings. The van der Waals surface area contributed by atoms with Gasteiger partial charge in [-0.1, -0.05) is 0 Å². The molecule has 6 heteroatoms. The molecule has 0 radical (unpaired) electrons. The summed E-state index contributed by atoms with van der Waals surface area (Å²) in [5.74, 6) is -0.934. The van der Waals surface area contributed by atoms with Gasteiger partial charge in [-0.2, -0.15) is 0 Å². The minimum atomic E-state index is -0.934. The third-order valence-corrected chi connectivity index (χ3v) is 3.27. The normalized spacial score (nSPS) is 20.6. The van der Waals surface area contributed by atoms with Crippen LogP contribution in [0.15, 0.2) is 0 Å². The van der Waals surface area contributed by atoms with Crippen LogP contribution in [0.2, 0.25) is 0 Å². The molecule has 104 valence electrons. The van der Waals surface area contributed by atoms with E-state index in [0.29, 0.717) is 19.5 Å². The van der Waals surface area contributed by atoms with Crippen molar-refractivity contribution in [2.75, 3.05) is 20.2 Å². The molecule has 2 amide bonds. The highest BCUT2D eigenvalue weighted by Crippen LogP contribution is 2.17. The average Bonchev–Trinajstić information content (AvgIpc) is 2.36. The Labute approximate surface area is 107 Å². The fraction of sp³-hybridized carbons (Fsp3) is 0.833. The Morgan fingerprint density at radius 3 is 2.67 bits per heavy atom. The fourth-order valence-electron chi connectivity index (χ4n) is 1.89. The second-order valence-electron chi connectivity index (χ2n) is 5.17. The van der Waals surface area contributed by atoms with Crippen molar-refractivity contribution in [2.24, 2.45) is 0 Å². The van der Waals surface area contributed by atoms with Crippen LogP contribution in [0, 0.1) is 0 Å². The summed E-state index contributed by atoms with van der Waals surface area (Å²) in [6.07, 6.45) is 2.23. The molecule has 0 spiro atoms. The highest BCUT2D eigenvalue weighted by molar-refractivity contribution is 5.82. The van der Waals surface area contributed by atoms with Gasteiger partial charge in [-0.05, 0) is 33.1 Å². The molecule has 1 fully saturated rings. The number of carbonyl (C=O) groups is 2. The number of hydrogen-bond donors (Lipinski definition) is 2. The Bertz CT molecular complexity index is 317. The summed E-state index contributed by atoms with van der Waals surface area (Å²) in [6, 6.07) is -1.03. The van der Waals surface area contributed by atoms with Crippen LogP contribution in [-0.2, 0) is 9.53 Å². The zero-order valence-corrected chi connectivity index (χ0v) is 11.2. The number of methoxy groups -OCH3 is 1. The number of rotatable bonds is 4. The summed E-state index contributed by atoms with van der Waals surface area (Å²) < 4.78 is 5.20. The fourth-order valence-corrected chi connectivity index (χ4v) is 1.89. The summed E-state index contributed by atoms with van der Waals surface area (Å²) in [4.78, 5) is 24.5. The minimum absolute atomic E-state index is 0.327. The molecule has 18 heavy (non-hydrogen) atoms. The van der Waals surface area contributed by atoms with E-state index in [2.05, 4.69) is 5.32 Å². The van der Waals surface area contributed by atoms with Crippen molar-refractivity contribution in [3.05, 3.63) is 0 Å². The molecule has 1 atom stereocenters. The number of aliphatic carboxylic acids is 1. The molecule has 0 aromatic carbocycles. The van der Waals surface area contributed by atoms with Crippen LogP contribution in [0.25, 0.3) is 0 Å². The van der Waals surface area contributed by atoms with Gasteiger partial charge in [0.2, 0.25) is 0 Å². The lowest BCUT2D eigenvalue weighted by atomic mass is 10.0. The Hall–Kier alpha value is -1.30. The Morgan fingerprint density at radius 1 is 1.44 bits per heavy atom. The van der Waals surface area contributed by atoms with Crippen LogP contribution in [0.3, 0.4) is 0 Å². The smallest absolute Gasteiger partial charge is 0.326 e. The second kappa shape index (κ2) is 6.04. The maximum Gasteiger partial charge on any atom is 0.326 e. The molecular weight excluding hydrogens is 236 g/mol. The summed E-state index contributed by atoms with van der Waals surface area (Å²) in [5.41, 5.74) is -0.454. The number of carboxylic acid groups (broad SMARTS) is 1. The number of ether oxygens (including phenoxy) is 1. The molecule has 0 aromatic heterocycles. The van der Waals surface area contributed by atoms with Crippen LogP contribution >= 0.6 is 0 Å². The largest absolute Gasteiger partial charge is 0.480 e. The van der Waals surface area contributed by atoms with Gasteiger partial charge in [0.1, 0.15) is 6.04 Å². The third-order valence-electron chi connectivity index (χ3n) is 3.27. The number of hydrogen-bond acceptors (Lipinski definition) is 3. The molecule has 1 saturated heterocycles. The van der Waals surface area contributed by atoms with Crippen molar-refractivity contribution in [3.8, 4) is 0 Å². The van der Waals surface area contributed by atoms with Gasteiger partial charge in [-0.25, -0.2) is 9.59 Å². The molecule has 2 N–H and O–H groups in total. The van der Waals surface area contributed by atoms with Crippen LogP contribution in [0.4, 0.5) is 4.79 Å². The van der Waals surface area contributed by atoms with E-state index in [-0.39, 0.29) is 6.03 Å². The first kappa shape index (κ1) is 14.8. The van der Waals surface area contributed by atoms with Crippen LogP contribution in [0.5, 0.6) is 0 Å². The number of carbonyl (C=O) groups excluding carboxylic acids is 1. The van der Waals surface area contributed by atoms with E-state index < -0.39 is 17.6 Å². The number of amides is 2. The van der Waals surface area contributed by atoms with Gasteiger partial charge in [0, 0.05) is 20.2 Å². The van der Waals surface area contributed by atoms with Gasteiger partial charge in [-0.15, -0.1) is 0 Å². The molecule has 0 saturated carbocycles. The van der Waals surface area contributed by atoms with Crippen molar-refractivity contribution in [1.29, 1.82) is 0 Å². The Kier molecular flexibility index (Phi) is 4.95. The van der Waals surface area contributed by atoms with Gasteiger partial charge in [0.15, 0.2) is 0 Å². The summed E-state index contributed by atoms with van der Waals surface area (Å²) >= 11 is 0. The van der Waals surface area contributed by atoms with Crippen molar-refractivity contribution in [2.45, 2.75) is 44.8 Å². The molecule has 0 bridgehead atoms. The summed E-state index contributed by atoms with van der Waals surface area (Å²) in [5, 5.41) is 11.8. The van der Waals surface area contributed by atoms with E-state index >= 15 is 0 Å². The van der Waals surface area contributed by atoms with Gasteiger partial charge < -0.3 is 20.1 Å². The first-order valence-corrected chi connectivity index (χ1v) is 6.20. The first-order valence-electron chi connectivity index (χ1n) is 6.20. The minimum Gasteiger partial charge on any atom is -0.480 e. The van der Waals surface area contributed by atoms with Gasteiger partial charge in [0.25, 0.3) is 0 Å². The summed E-state index contributed by atoms with van der Waals surface area (Å²) in [6.45, 7) is 4.57. The Morgan fingerprint density at radius 2 is 2.11 bits per heavy atom. The molecule has 0 aliphatic carbocycles. The van der Waals surface area contributed by atoms with Crippen LogP contribution < -0.4 is 5.32 Å². The van der Waals surface area contributed by atoms with E-state index in [1.54, 1.807) is 7.11 Å². The monoisotopic (exact) mass is 258 g/mol. The van der Waals surface area contributed by atoms with Gasteiger partial charge >= 0.3 is 12.0 Å². The summed E-state index contributed by atoms with van der Waals surface area (Å²) in [7, 11) is 1.58. The lowest BCUT2D eigenvalue weighted by Gasteiger charge is -2.34. The van der Waals surface area contributed by atoms with Gasteiger partial charge in [0.05, 0.1) is 5.60 Å². The lowest BCUT2D eigenvalue weighted by Crippen LogP contribution is -2.54. The second-order valence-corrected chi connectivity index (χ2v) is 5.17. The van der Waals surface area contributed by atoms with Crippen molar-refractivity contribution >= 4 is 12.0 Å². The van der Waals surface area contributed by atoms with E-state index in [4.69, 9.17) is 9.84 Å². The maximum atomic E-state index is 12.0. The number of piperidine rings is 1. The van der Waals surface area contributed by atoms with Crippen molar-refractivity contribution in [1.82, 2.24) is 10.2 Å². The molecular formula is C12H22N2O4. The molecule has 1 aliphatic rings. The Balaban J connectivity index is 2.56. The predicted octanol–water partition coefficient (Wildman–Crippen LogP) is 1.06. The highest BCUT2D eigenvalue weighted by atomic mass is 16.5. The lowest BCUT2D eigenvalue weighted by molar-refractivity contribution is -0.143. The van der Waals surface area contributed by atoms with Crippen LogP contribution in [-0.4, -0.2) is 53.8 Å². The van der Waals surface area contributed by atoms with Gasteiger partial charge in [-0.3, -0.25) is 0 Å². The molecule has 6 nitrogen and oxygen atoms in total. The van der Waals surface area contributed by atoms with Crippen LogP contribution in [0.1, 0.15) is 33.1 Å². The average molecular weight is 258 g/mol.